The average molecular weight is 268 g/mol. The Morgan fingerprint density at radius 3 is 2.58 bits per heavy atom. The molecule has 0 aliphatic rings. The van der Waals surface area contributed by atoms with Gasteiger partial charge in [0.1, 0.15) is 6.07 Å². The van der Waals surface area contributed by atoms with E-state index < -0.39 is 0 Å². The van der Waals surface area contributed by atoms with E-state index in [1.165, 1.54) is 0 Å². The van der Waals surface area contributed by atoms with E-state index in [4.69, 9.17) is 10.5 Å². The van der Waals surface area contributed by atoms with Crippen LogP contribution in [-0.2, 0) is 6.42 Å². The normalized spacial score (nSPS) is 8.58. The number of halogens is 1. The second-order valence-electron chi connectivity index (χ2n) is 2.26. The van der Waals surface area contributed by atoms with E-state index >= 15 is 0 Å². The zero-order chi connectivity index (χ0) is 8.97. The van der Waals surface area contributed by atoms with Crippen molar-refractivity contribution in [2.45, 2.75) is 6.42 Å². The number of hydrogen-bond donors (Lipinski definition) is 0. The van der Waals surface area contributed by atoms with Gasteiger partial charge in [0, 0.05) is 3.57 Å². The number of rotatable bonds is 1. The highest BCUT2D eigenvalue weighted by atomic mass is 127. The molecule has 0 aromatic heterocycles. The summed E-state index contributed by atoms with van der Waals surface area (Å²) in [5.74, 6) is 0. The monoisotopic (exact) mass is 268 g/mol. The molecule has 2 nitrogen and oxygen atoms in total. The van der Waals surface area contributed by atoms with Gasteiger partial charge in [-0.3, -0.25) is 0 Å². The first-order chi connectivity index (χ1) is 5.77. The van der Waals surface area contributed by atoms with E-state index in [1.807, 2.05) is 12.1 Å². The van der Waals surface area contributed by atoms with Gasteiger partial charge in [0.2, 0.25) is 0 Å². The molecule has 1 aromatic carbocycles. The van der Waals surface area contributed by atoms with Crippen molar-refractivity contribution >= 4 is 22.6 Å². The standard InChI is InChI=1S/C9H5IN2/c10-9-5-7(3-4-11)1-2-8(9)6-12/h1-2,5H,3H2. The van der Waals surface area contributed by atoms with Crippen molar-refractivity contribution in [3.63, 3.8) is 0 Å². The number of hydrogen-bond acceptors (Lipinski definition) is 2. The molecule has 0 amide bonds. The first-order valence-electron chi connectivity index (χ1n) is 3.33. The molecule has 0 fully saturated rings. The fraction of sp³-hybridized carbons (Fsp3) is 0.111. The Kier molecular flexibility index (Phi) is 3.07. The van der Waals surface area contributed by atoms with E-state index in [9.17, 15) is 0 Å². The topological polar surface area (TPSA) is 47.6 Å². The molecule has 0 aliphatic heterocycles. The number of nitrogens with zero attached hydrogens (tertiary/aromatic N) is 2. The van der Waals surface area contributed by atoms with Gasteiger partial charge in [0.05, 0.1) is 18.1 Å². The molecule has 0 saturated heterocycles. The minimum absolute atomic E-state index is 0.404. The molecule has 0 aliphatic carbocycles. The van der Waals surface area contributed by atoms with Gasteiger partial charge < -0.3 is 0 Å². The molecule has 1 aromatic rings. The van der Waals surface area contributed by atoms with Gasteiger partial charge in [0.15, 0.2) is 0 Å². The van der Waals surface area contributed by atoms with Gasteiger partial charge in [-0.15, -0.1) is 0 Å². The predicted octanol–water partition coefficient (Wildman–Crippen LogP) is 2.23. The molecule has 0 atom stereocenters. The smallest absolute Gasteiger partial charge is 0.100 e. The molecular weight excluding hydrogens is 263 g/mol. The molecule has 0 bridgehead atoms. The minimum Gasteiger partial charge on any atom is -0.198 e. The van der Waals surface area contributed by atoms with Gasteiger partial charge in [-0.05, 0) is 40.3 Å². The summed E-state index contributed by atoms with van der Waals surface area (Å²) in [7, 11) is 0. The van der Waals surface area contributed by atoms with Crippen LogP contribution in [0.4, 0.5) is 0 Å². The lowest BCUT2D eigenvalue weighted by Crippen LogP contribution is -1.86. The summed E-state index contributed by atoms with van der Waals surface area (Å²) in [4.78, 5) is 0. The highest BCUT2D eigenvalue weighted by molar-refractivity contribution is 14.1. The maximum atomic E-state index is 8.62. The lowest BCUT2D eigenvalue weighted by molar-refractivity contribution is 1.25. The lowest BCUT2D eigenvalue weighted by atomic mass is 10.1. The molecule has 0 unspecified atom stereocenters. The molecule has 0 spiro atoms. The van der Waals surface area contributed by atoms with Crippen LogP contribution in [0.3, 0.4) is 0 Å². The van der Waals surface area contributed by atoms with Crippen LogP contribution in [0.1, 0.15) is 11.1 Å². The number of nitriles is 2. The molecule has 1 rings (SSSR count). The van der Waals surface area contributed by atoms with Crippen LogP contribution >= 0.6 is 22.6 Å². The Labute approximate surface area is 84.6 Å². The van der Waals surface area contributed by atoms with Gasteiger partial charge in [-0.25, -0.2) is 0 Å². The van der Waals surface area contributed by atoms with E-state index in [-0.39, 0.29) is 0 Å². The Bertz CT molecular complexity index is 371. The zero-order valence-corrected chi connectivity index (χ0v) is 8.37. The molecule has 3 heteroatoms. The van der Waals surface area contributed by atoms with Crippen LogP contribution in [0.15, 0.2) is 18.2 Å². The summed E-state index contributed by atoms with van der Waals surface area (Å²) in [5.41, 5.74) is 1.62. The predicted molar refractivity (Wildman–Crippen MR) is 53.2 cm³/mol. The minimum atomic E-state index is 0.404. The molecule has 0 N–H and O–H groups in total. The first-order valence-corrected chi connectivity index (χ1v) is 4.41. The Hall–Kier alpha value is -1.07. The second kappa shape index (κ2) is 4.08. The highest BCUT2D eigenvalue weighted by Gasteiger charge is 1.99. The zero-order valence-electron chi connectivity index (χ0n) is 6.21. The summed E-state index contributed by atoms with van der Waals surface area (Å²) >= 11 is 2.09. The summed E-state index contributed by atoms with van der Waals surface area (Å²) in [6.07, 6.45) is 0.404. The van der Waals surface area contributed by atoms with Crippen molar-refractivity contribution < 1.29 is 0 Å². The maximum absolute atomic E-state index is 8.62. The highest BCUT2D eigenvalue weighted by Crippen LogP contribution is 2.13. The van der Waals surface area contributed by atoms with Crippen molar-refractivity contribution in [3.8, 4) is 12.1 Å². The van der Waals surface area contributed by atoms with E-state index in [2.05, 4.69) is 34.7 Å². The second-order valence-corrected chi connectivity index (χ2v) is 3.42. The van der Waals surface area contributed by atoms with Gasteiger partial charge in [-0.1, -0.05) is 6.07 Å². The molecule has 0 heterocycles. The van der Waals surface area contributed by atoms with Crippen LogP contribution in [0.2, 0.25) is 0 Å². The quantitative estimate of drug-likeness (QED) is 0.733. The number of benzene rings is 1. The SMILES string of the molecule is N#CCc1ccc(C#N)c(I)c1. The van der Waals surface area contributed by atoms with Crippen LogP contribution in [0, 0.1) is 26.2 Å². The Morgan fingerprint density at radius 2 is 2.08 bits per heavy atom. The maximum Gasteiger partial charge on any atom is 0.100 e. The van der Waals surface area contributed by atoms with Crippen LogP contribution < -0.4 is 0 Å². The third-order valence-corrected chi connectivity index (χ3v) is 2.33. The van der Waals surface area contributed by atoms with E-state index in [0.717, 1.165) is 9.13 Å². The van der Waals surface area contributed by atoms with Crippen LogP contribution in [-0.4, -0.2) is 0 Å². The van der Waals surface area contributed by atoms with Crippen molar-refractivity contribution in [3.05, 3.63) is 32.9 Å². The van der Waals surface area contributed by atoms with Gasteiger partial charge in [0.25, 0.3) is 0 Å². The van der Waals surface area contributed by atoms with Crippen molar-refractivity contribution in [2.24, 2.45) is 0 Å². The van der Waals surface area contributed by atoms with Crippen molar-refractivity contribution in [2.75, 3.05) is 0 Å². The van der Waals surface area contributed by atoms with Gasteiger partial charge in [-0.2, -0.15) is 10.5 Å². The van der Waals surface area contributed by atoms with Gasteiger partial charge >= 0.3 is 0 Å². The van der Waals surface area contributed by atoms with E-state index in [0.29, 0.717) is 12.0 Å². The summed E-state index contributed by atoms with van der Waals surface area (Å²) in [5, 5.41) is 17.0. The Morgan fingerprint density at radius 1 is 1.33 bits per heavy atom. The van der Waals surface area contributed by atoms with Crippen molar-refractivity contribution in [1.82, 2.24) is 0 Å². The van der Waals surface area contributed by atoms with Crippen LogP contribution in [0.25, 0.3) is 0 Å². The molecule has 0 radical (unpaired) electrons. The van der Waals surface area contributed by atoms with E-state index in [1.54, 1.807) is 6.07 Å². The summed E-state index contributed by atoms with van der Waals surface area (Å²) in [6.45, 7) is 0. The van der Waals surface area contributed by atoms with Crippen LogP contribution in [0.5, 0.6) is 0 Å². The largest absolute Gasteiger partial charge is 0.198 e. The fourth-order valence-corrected chi connectivity index (χ4v) is 1.55. The molecule has 0 saturated carbocycles. The molecule has 58 valence electrons. The lowest BCUT2D eigenvalue weighted by Gasteiger charge is -1.97. The molecule has 12 heavy (non-hydrogen) atoms. The summed E-state index contributed by atoms with van der Waals surface area (Å²) in [6, 6.07) is 9.55. The first kappa shape index (κ1) is 9.02. The summed E-state index contributed by atoms with van der Waals surface area (Å²) < 4.78 is 0.905. The average Bonchev–Trinajstić information content (AvgIpc) is 2.05. The van der Waals surface area contributed by atoms with Crippen molar-refractivity contribution in [1.29, 1.82) is 10.5 Å². The Balaban J connectivity index is 3.06. The third kappa shape index (κ3) is 1.96. The molecular formula is C9H5IN2. The third-order valence-electron chi connectivity index (χ3n) is 1.44. The fourth-order valence-electron chi connectivity index (χ4n) is 0.851.